The number of aliphatic hydroxyl groups excluding tert-OH is 2. The second-order valence-corrected chi connectivity index (χ2v) is 3.65. The van der Waals surface area contributed by atoms with Crippen molar-refractivity contribution in [3.05, 3.63) is 0 Å². The fourth-order valence-electron chi connectivity index (χ4n) is 1.50. The van der Waals surface area contributed by atoms with Gasteiger partial charge in [0.25, 0.3) is 0 Å². The number of amides is 1. The molecule has 1 amide bonds. The van der Waals surface area contributed by atoms with E-state index in [-0.39, 0.29) is 24.6 Å². The maximum absolute atomic E-state index is 11.5. The second kappa shape index (κ2) is 5.29. The molecule has 0 radical (unpaired) electrons. The Morgan fingerprint density at radius 2 is 2.43 bits per heavy atom. The molecule has 1 saturated heterocycles. The van der Waals surface area contributed by atoms with Crippen molar-refractivity contribution in [2.75, 3.05) is 13.2 Å². The second-order valence-electron chi connectivity index (χ2n) is 3.65. The molecule has 0 bridgehead atoms. The molecule has 0 aromatic carbocycles. The van der Waals surface area contributed by atoms with E-state index in [9.17, 15) is 9.90 Å². The van der Waals surface area contributed by atoms with Gasteiger partial charge in [-0.05, 0) is 12.8 Å². The fraction of sp³-hybridized carbons (Fsp3) is 0.889. The molecular formula is C9H18N2O3. The van der Waals surface area contributed by atoms with Crippen LogP contribution in [0.1, 0.15) is 19.8 Å². The van der Waals surface area contributed by atoms with Gasteiger partial charge >= 0.3 is 0 Å². The van der Waals surface area contributed by atoms with Crippen molar-refractivity contribution >= 4 is 5.91 Å². The van der Waals surface area contributed by atoms with E-state index >= 15 is 0 Å². The Morgan fingerprint density at radius 3 is 2.86 bits per heavy atom. The molecule has 5 nitrogen and oxygen atoms in total. The highest BCUT2D eigenvalue weighted by Crippen LogP contribution is 2.06. The number of carbonyl (C=O) groups is 1. The van der Waals surface area contributed by atoms with Gasteiger partial charge in [0.05, 0.1) is 24.8 Å². The Bertz CT molecular complexity index is 194. The predicted octanol–water partition coefficient (Wildman–Crippen LogP) is -1.40. The van der Waals surface area contributed by atoms with Crippen LogP contribution in [0.5, 0.6) is 0 Å². The maximum Gasteiger partial charge on any atom is 0.237 e. The minimum absolute atomic E-state index is 0.0441. The lowest BCUT2D eigenvalue weighted by Crippen LogP contribution is -2.46. The molecular weight excluding hydrogens is 184 g/mol. The summed E-state index contributed by atoms with van der Waals surface area (Å²) in [5, 5.41) is 23.7. The van der Waals surface area contributed by atoms with E-state index in [2.05, 4.69) is 10.6 Å². The van der Waals surface area contributed by atoms with Crippen molar-refractivity contribution in [2.45, 2.75) is 38.0 Å². The van der Waals surface area contributed by atoms with Crippen LogP contribution < -0.4 is 10.6 Å². The van der Waals surface area contributed by atoms with E-state index in [0.29, 0.717) is 19.4 Å². The molecule has 0 spiro atoms. The highest BCUT2D eigenvalue weighted by Gasteiger charge is 2.28. The van der Waals surface area contributed by atoms with Crippen molar-refractivity contribution < 1.29 is 15.0 Å². The Hall–Kier alpha value is -0.650. The first kappa shape index (κ1) is 11.4. The standard InChI is InChI=1S/C9H18N2O3/c1-2-6(5-12)11-9(14)8-3-7(13)4-10-8/h6-8,10,12-13H,2-5H2,1H3,(H,11,14). The van der Waals surface area contributed by atoms with Gasteiger partial charge < -0.3 is 20.8 Å². The minimum Gasteiger partial charge on any atom is -0.394 e. The highest BCUT2D eigenvalue weighted by atomic mass is 16.3. The number of aliphatic hydroxyl groups is 2. The smallest absolute Gasteiger partial charge is 0.237 e. The van der Waals surface area contributed by atoms with E-state index in [1.165, 1.54) is 0 Å². The molecule has 1 fully saturated rings. The topological polar surface area (TPSA) is 81.6 Å². The van der Waals surface area contributed by atoms with Gasteiger partial charge in [-0.25, -0.2) is 0 Å². The molecule has 1 heterocycles. The number of nitrogens with one attached hydrogen (secondary N) is 2. The summed E-state index contributed by atoms with van der Waals surface area (Å²) in [6.07, 6.45) is 0.727. The molecule has 0 saturated carbocycles. The van der Waals surface area contributed by atoms with Crippen LogP contribution in [0.4, 0.5) is 0 Å². The van der Waals surface area contributed by atoms with Crippen LogP contribution in [0.2, 0.25) is 0 Å². The van der Waals surface area contributed by atoms with Crippen LogP contribution >= 0.6 is 0 Å². The van der Waals surface area contributed by atoms with Crippen LogP contribution in [0.15, 0.2) is 0 Å². The van der Waals surface area contributed by atoms with Gasteiger partial charge in [-0.1, -0.05) is 6.92 Å². The van der Waals surface area contributed by atoms with Gasteiger partial charge in [-0.2, -0.15) is 0 Å². The molecule has 3 unspecified atom stereocenters. The van der Waals surface area contributed by atoms with Crippen LogP contribution in [-0.4, -0.2) is 47.5 Å². The summed E-state index contributed by atoms with van der Waals surface area (Å²) < 4.78 is 0. The summed E-state index contributed by atoms with van der Waals surface area (Å²) >= 11 is 0. The lowest BCUT2D eigenvalue weighted by Gasteiger charge is -2.17. The lowest BCUT2D eigenvalue weighted by molar-refractivity contribution is -0.124. The summed E-state index contributed by atoms with van der Waals surface area (Å²) in [7, 11) is 0. The molecule has 5 heteroatoms. The zero-order chi connectivity index (χ0) is 10.6. The van der Waals surface area contributed by atoms with E-state index in [0.717, 1.165) is 0 Å². The SMILES string of the molecule is CCC(CO)NC(=O)C1CC(O)CN1. The third-order valence-corrected chi connectivity index (χ3v) is 2.48. The zero-order valence-electron chi connectivity index (χ0n) is 8.36. The first-order valence-corrected chi connectivity index (χ1v) is 5.00. The van der Waals surface area contributed by atoms with Crippen LogP contribution in [0.3, 0.4) is 0 Å². The summed E-state index contributed by atoms with van der Waals surface area (Å²) in [5.41, 5.74) is 0. The molecule has 1 rings (SSSR count). The van der Waals surface area contributed by atoms with Crippen molar-refractivity contribution in [1.82, 2.24) is 10.6 Å². The molecule has 0 aliphatic carbocycles. The average Bonchev–Trinajstić information content (AvgIpc) is 2.61. The number of carbonyl (C=O) groups excluding carboxylic acids is 1. The normalized spacial score (nSPS) is 28.8. The van der Waals surface area contributed by atoms with Gasteiger partial charge in [0.15, 0.2) is 0 Å². The Kier molecular flexibility index (Phi) is 4.31. The Balaban J connectivity index is 2.34. The first-order chi connectivity index (χ1) is 6.67. The van der Waals surface area contributed by atoms with Crippen LogP contribution in [-0.2, 0) is 4.79 Å². The summed E-state index contributed by atoms with van der Waals surface area (Å²) in [6, 6.07) is -0.493. The maximum atomic E-state index is 11.5. The van der Waals surface area contributed by atoms with E-state index < -0.39 is 6.10 Å². The Labute approximate surface area is 83.5 Å². The third kappa shape index (κ3) is 2.94. The number of hydrogen-bond donors (Lipinski definition) is 4. The quantitative estimate of drug-likeness (QED) is 0.452. The van der Waals surface area contributed by atoms with E-state index in [4.69, 9.17) is 5.11 Å². The van der Waals surface area contributed by atoms with Gasteiger partial charge in [0, 0.05) is 6.54 Å². The summed E-state index contributed by atoms with van der Waals surface area (Å²) in [5.74, 6) is -0.137. The molecule has 0 aromatic rings. The monoisotopic (exact) mass is 202 g/mol. The third-order valence-electron chi connectivity index (χ3n) is 2.48. The Morgan fingerprint density at radius 1 is 1.71 bits per heavy atom. The highest BCUT2D eigenvalue weighted by molar-refractivity contribution is 5.82. The van der Waals surface area contributed by atoms with E-state index in [1.807, 2.05) is 6.92 Å². The fourth-order valence-corrected chi connectivity index (χ4v) is 1.50. The lowest BCUT2D eigenvalue weighted by atomic mass is 10.1. The van der Waals surface area contributed by atoms with Crippen molar-refractivity contribution in [3.63, 3.8) is 0 Å². The van der Waals surface area contributed by atoms with Gasteiger partial charge in [0.1, 0.15) is 0 Å². The largest absolute Gasteiger partial charge is 0.394 e. The van der Waals surface area contributed by atoms with E-state index in [1.54, 1.807) is 0 Å². The van der Waals surface area contributed by atoms with Crippen LogP contribution in [0.25, 0.3) is 0 Å². The molecule has 82 valence electrons. The van der Waals surface area contributed by atoms with Crippen molar-refractivity contribution in [3.8, 4) is 0 Å². The van der Waals surface area contributed by atoms with Gasteiger partial charge in [0.2, 0.25) is 5.91 Å². The van der Waals surface area contributed by atoms with Crippen molar-refractivity contribution in [1.29, 1.82) is 0 Å². The minimum atomic E-state index is -0.431. The molecule has 0 aromatic heterocycles. The average molecular weight is 202 g/mol. The molecule has 4 N–H and O–H groups in total. The molecule has 3 atom stereocenters. The zero-order valence-corrected chi connectivity index (χ0v) is 8.36. The van der Waals surface area contributed by atoms with Gasteiger partial charge in [-0.3, -0.25) is 4.79 Å². The predicted molar refractivity (Wildman–Crippen MR) is 51.7 cm³/mol. The van der Waals surface area contributed by atoms with Gasteiger partial charge in [-0.15, -0.1) is 0 Å². The molecule has 1 aliphatic heterocycles. The number of hydrogen-bond acceptors (Lipinski definition) is 4. The number of β-amino-alcohol motifs (C(OH)–C–C–N with tert-alkyl or cyclic N) is 1. The summed E-state index contributed by atoms with van der Waals surface area (Å²) in [6.45, 7) is 2.32. The number of rotatable bonds is 4. The van der Waals surface area contributed by atoms with Crippen LogP contribution in [0, 0.1) is 0 Å². The molecule has 1 aliphatic rings. The molecule has 14 heavy (non-hydrogen) atoms. The summed E-state index contributed by atoms with van der Waals surface area (Å²) in [4.78, 5) is 11.5. The van der Waals surface area contributed by atoms with Crippen molar-refractivity contribution in [2.24, 2.45) is 0 Å². The first-order valence-electron chi connectivity index (χ1n) is 5.00.